The van der Waals surface area contributed by atoms with Gasteiger partial charge in [-0.3, -0.25) is 9.89 Å². The lowest BCUT2D eigenvalue weighted by atomic mass is 10.1. The Kier molecular flexibility index (Phi) is 2.55. The van der Waals surface area contributed by atoms with Gasteiger partial charge >= 0.3 is 0 Å². The molecule has 1 aliphatic rings. The molecule has 1 aliphatic carbocycles. The van der Waals surface area contributed by atoms with Crippen molar-refractivity contribution in [3.05, 3.63) is 30.0 Å². The van der Waals surface area contributed by atoms with E-state index in [0.29, 0.717) is 11.6 Å². The zero-order valence-corrected chi connectivity index (χ0v) is 9.57. The minimum Gasteiger partial charge on any atom is -0.349 e. The van der Waals surface area contributed by atoms with E-state index in [9.17, 15) is 4.79 Å². The lowest BCUT2D eigenvalue weighted by molar-refractivity contribution is 0.0938. The lowest BCUT2D eigenvalue weighted by Crippen LogP contribution is -2.32. The molecule has 1 amide bonds. The summed E-state index contributed by atoms with van der Waals surface area (Å²) in [7, 11) is 0. The number of fused-ring (bicyclic) bond motifs is 1. The number of H-pyrrole nitrogens is 1. The molecule has 17 heavy (non-hydrogen) atoms. The fourth-order valence-corrected chi connectivity index (χ4v) is 2.42. The minimum atomic E-state index is 0.0217. The quantitative estimate of drug-likeness (QED) is 0.829. The van der Waals surface area contributed by atoms with Crippen molar-refractivity contribution >= 4 is 16.8 Å². The van der Waals surface area contributed by atoms with Gasteiger partial charge in [-0.05, 0) is 25.0 Å². The maximum atomic E-state index is 12.0. The van der Waals surface area contributed by atoms with E-state index in [-0.39, 0.29) is 5.91 Å². The Hall–Kier alpha value is -1.84. The number of benzene rings is 1. The van der Waals surface area contributed by atoms with Crippen LogP contribution in [0.1, 0.15) is 36.0 Å². The van der Waals surface area contributed by atoms with E-state index in [1.165, 1.54) is 12.8 Å². The molecule has 1 aromatic heterocycles. The molecule has 0 radical (unpaired) electrons. The van der Waals surface area contributed by atoms with Crippen LogP contribution in [0.15, 0.2) is 24.4 Å². The number of rotatable bonds is 2. The molecule has 0 spiro atoms. The highest BCUT2D eigenvalue weighted by molar-refractivity contribution is 5.97. The van der Waals surface area contributed by atoms with Gasteiger partial charge in [0.1, 0.15) is 0 Å². The Morgan fingerprint density at radius 3 is 3.00 bits per heavy atom. The van der Waals surface area contributed by atoms with E-state index in [4.69, 9.17) is 0 Å². The van der Waals surface area contributed by atoms with Crippen molar-refractivity contribution in [3.63, 3.8) is 0 Å². The van der Waals surface area contributed by atoms with Gasteiger partial charge in [-0.15, -0.1) is 0 Å². The normalized spacial score (nSPS) is 16.5. The van der Waals surface area contributed by atoms with Crippen LogP contribution >= 0.6 is 0 Å². The van der Waals surface area contributed by atoms with E-state index in [1.54, 1.807) is 6.20 Å². The fourth-order valence-electron chi connectivity index (χ4n) is 2.42. The van der Waals surface area contributed by atoms with E-state index >= 15 is 0 Å². The van der Waals surface area contributed by atoms with Gasteiger partial charge in [-0.2, -0.15) is 5.10 Å². The van der Waals surface area contributed by atoms with Gasteiger partial charge < -0.3 is 5.32 Å². The summed E-state index contributed by atoms with van der Waals surface area (Å²) in [5, 5.41) is 10.9. The van der Waals surface area contributed by atoms with Crippen LogP contribution in [0.2, 0.25) is 0 Å². The number of hydrogen-bond donors (Lipinski definition) is 2. The molecule has 1 aromatic carbocycles. The van der Waals surface area contributed by atoms with Crippen LogP contribution in [-0.2, 0) is 0 Å². The van der Waals surface area contributed by atoms with Gasteiger partial charge in [0, 0.05) is 17.0 Å². The van der Waals surface area contributed by atoms with Gasteiger partial charge in [0.05, 0.1) is 11.7 Å². The molecular weight excluding hydrogens is 214 g/mol. The Labute approximate surface area is 99.4 Å². The molecule has 0 atom stereocenters. The first-order valence-electron chi connectivity index (χ1n) is 6.07. The molecule has 1 fully saturated rings. The summed E-state index contributed by atoms with van der Waals surface area (Å²) in [6.07, 6.45) is 6.43. The highest BCUT2D eigenvalue weighted by Gasteiger charge is 2.18. The molecule has 0 aliphatic heterocycles. The molecule has 0 unspecified atom stereocenters. The molecule has 2 N–H and O–H groups in total. The van der Waals surface area contributed by atoms with Gasteiger partial charge in [-0.25, -0.2) is 0 Å². The second-order valence-electron chi connectivity index (χ2n) is 4.63. The van der Waals surface area contributed by atoms with Gasteiger partial charge in [0.25, 0.3) is 5.91 Å². The third-order valence-corrected chi connectivity index (χ3v) is 3.39. The summed E-state index contributed by atoms with van der Waals surface area (Å²) in [4.78, 5) is 12.0. The molecule has 4 heteroatoms. The fraction of sp³-hybridized carbons (Fsp3) is 0.385. The Bertz CT molecular complexity index is 540. The molecule has 0 saturated heterocycles. The van der Waals surface area contributed by atoms with E-state index in [0.717, 1.165) is 23.7 Å². The highest BCUT2D eigenvalue weighted by Crippen LogP contribution is 2.19. The topological polar surface area (TPSA) is 57.8 Å². The van der Waals surface area contributed by atoms with Gasteiger partial charge in [0.2, 0.25) is 0 Å². The maximum absolute atomic E-state index is 12.0. The van der Waals surface area contributed by atoms with Crippen LogP contribution in [0.5, 0.6) is 0 Å². The van der Waals surface area contributed by atoms with Crippen molar-refractivity contribution < 1.29 is 4.79 Å². The second kappa shape index (κ2) is 4.20. The van der Waals surface area contributed by atoms with Crippen molar-refractivity contribution in [1.82, 2.24) is 15.5 Å². The zero-order valence-electron chi connectivity index (χ0n) is 9.57. The number of hydrogen-bond acceptors (Lipinski definition) is 2. The van der Waals surface area contributed by atoms with Crippen molar-refractivity contribution in [2.75, 3.05) is 0 Å². The highest BCUT2D eigenvalue weighted by atomic mass is 16.1. The van der Waals surface area contributed by atoms with Crippen LogP contribution in [0, 0.1) is 0 Å². The summed E-state index contributed by atoms with van der Waals surface area (Å²) in [6.45, 7) is 0. The monoisotopic (exact) mass is 229 g/mol. The van der Waals surface area contributed by atoms with Gasteiger partial charge in [0.15, 0.2) is 0 Å². The average Bonchev–Trinajstić information content (AvgIpc) is 2.97. The van der Waals surface area contributed by atoms with Crippen molar-refractivity contribution in [2.45, 2.75) is 31.7 Å². The van der Waals surface area contributed by atoms with Crippen molar-refractivity contribution in [1.29, 1.82) is 0 Å². The number of aromatic amines is 1. The van der Waals surface area contributed by atoms with Crippen LogP contribution in [0.4, 0.5) is 0 Å². The number of carbonyl (C=O) groups excluding carboxylic acids is 1. The summed E-state index contributed by atoms with van der Waals surface area (Å²) in [5.74, 6) is 0.0217. The number of amides is 1. The van der Waals surface area contributed by atoms with E-state index < -0.39 is 0 Å². The van der Waals surface area contributed by atoms with Crippen LogP contribution in [-0.4, -0.2) is 22.1 Å². The third kappa shape index (κ3) is 2.02. The van der Waals surface area contributed by atoms with Gasteiger partial charge in [-0.1, -0.05) is 18.9 Å². The Morgan fingerprint density at radius 2 is 2.18 bits per heavy atom. The van der Waals surface area contributed by atoms with E-state index in [2.05, 4.69) is 15.5 Å². The van der Waals surface area contributed by atoms with Crippen LogP contribution < -0.4 is 5.32 Å². The number of carbonyl (C=O) groups is 1. The van der Waals surface area contributed by atoms with Crippen LogP contribution in [0.3, 0.4) is 0 Å². The molecule has 1 heterocycles. The number of nitrogens with one attached hydrogen (secondary N) is 2. The largest absolute Gasteiger partial charge is 0.349 e. The van der Waals surface area contributed by atoms with Crippen molar-refractivity contribution in [2.24, 2.45) is 0 Å². The summed E-state index contributed by atoms with van der Waals surface area (Å²) in [5.41, 5.74) is 1.61. The SMILES string of the molecule is O=C(NC1CCCC1)c1ccc2cn[nH]c2c1. The first-order valence-corrected chi connectivity index (χ1v) is 6.07. The molecule has 3 rings (SSSR count). The minimum absolute atomic E-state index is 0.0217. The smallest absolute Gasteiger partial charge is 0.251 e. The maximum Gasteiger partial charge on any atom is 0.251 e. The summed E-state index contributed by atoms with van der Waals surface area (Å²) < 4.78 is 0. The van der Waals surface area contributed by atoms with Crippen LogP contribution in [0.25, 0.3) is 10.9 Å². The third-order valence-electron chi connectivity index (χ3n) is 3.39. The predicted molar refractivity (Wildman–Crippen MR) is 65.8 cm³/mol. The molecule has 4 nitrogen and oxygen atoms in total. The van der Waals surface area contributed by atoms with E-state index in [1.807, 2.05) is 18.2 Å². The summed E-state index contributed by atoms with van der Waals surface area (Å²) in [6, 6.07) is 5.98. The molecule has 1 saturated carbocycles. The number of nitrogens with zero attached hydrogens (tertiary/aromatic N) is 1. The molecule has 0 bridgehead atoms. The second-order valence-corrected chi connectivity index (χ2v) is 4.63. The first-order chi connectivity index (χ1) is 8.33. The zero-order chi connectivity index (χ0) is 11.7. The first kappa shape index (κ1) is 10.3. The summed E-state index contributed by atoms with van der Waals surface area (Å²) >= 11 is 0. The Balaban J connectivity index is 1.79. The Morgan fingerprint density at radius 1 is 1.35 bits per heavy atom. The number of aromatic nitrogens is 2. The molecule has 88 valence electrons. The standard InChI is InChI=1S/C13H15N3O/c17-13(15-11-3-1-2-4-11)9-5-6-10-8-14-16-12(10)7-9/h5-8,11H,1-4H2,(H,14,16)(H,15,17). The predicted octanol–water partition coefficient (Wildman–Crippen LogP) is 2.24. The average molecular weight is 229 g/mol. The molecular formula is C13H15N3O. The van der Waals surface area contributed by atoms with Crippen molar-refractivity contribution in [3.8, 4) is 0 Å². The molecule has 2 aromatic rings. The lowest BCUT2D eigenvalue weighted by Gasteiger charge is -2.11.